The van der Waals surface area contributed by atoms with Crippen molar-refractivity contribution < 1.29 is 18.7 Å². The van der Waals surface area contributed by atoms with Crippen molar-refractivity contribution >= 4 is 34.0 Å². The van der Waals surface area contributed by atoms with Crippen LogP contribution in [0.4, 0.5) is 15.2 Å². The molecule has 1 aliphatic rings. The average molecular weight is 364 g/mol. The van der Waals surface area contributed by atoms with Gasteiger partial charge in [-0.2, -0.15) is 0 Å². The van der Waals surface area contributed by atoms with Gasteiger partial charge in [0.15, 0.2) is 0 Å². The van der Waals surface area contributed by atoms with E-state index in [0.29, 0.717) is 29.0 Å². The van der Waals surface area contributed by atoms with Crippen molar-refractivity contribution in [3.63, 3.8) is 0 Å². The van der Waals surface area contributed by atoms with Crippen LogP contribution in [0.15, 0.2) is 24.3 Å². The van der Waals surface area contributed by atoms with E-state index >= 15 is 0 Å². The van der Waals surface area contributed by atoms with Crippen molar-refractivity contribution in [2.75, 3.05) is 23.4 Å². The van der Waals surface area contributed by atoms with Crippen molar-refractivity contribution in [3.8, 4) is 0 Å². The smallest absolute Gasteiger partial charge is 0.231 e. The molecule has 2 aromatic rings. The lowest BCUT2D eigenvalue weighted by atomic mass is 10.1. The van der Waals surface area contributed by atoms with Crippen LogP contribution in [0.1, 0.15) is 18.4 Å². The number of amides is 2. The van der Waals surface area contributed by atoms with E-state index in [9.17, 15) is 14.0 Å². The Labute approximate surface area is 147 Å². The number of rotatable bonds is 6. The van der Waals surface area contributed by atoms with E-state index in [2.05, 4.69) is 15.5 Å². The molecular weight excluding hydrogens is 347 g/mol. The molecule has 0 bridgehead atoms. The van der Waals surface area contributed by atoms with E-state index in [4.69, 9.17) is 4.74 Å². The maximum absolute atomic E-state index is 13.0. The normalized spacial score (nSPS) is 17.1. The lowest BCUT2D eigenvalue weighted by Gasteiger charge is -2.16. The first-order valence-electron chi connectivity index (χ1n) is 7.83. The summed E-state index contributed by atoms with van der Waals surface area (Å²) in [5, 5.41) is 11.6. The summed E-state index contributed by atoms with van der Waals surface area (Å²) in [6, 6.07) is 5.63. The maximum Gasteiger partial charge on any atom is 0.231 e. The van der Waals surface area contributed by atoms with E-state index in [1.165, 1.54) is 40.5 Å². The minimum atomic E-state index is -0.489. The highest BCUT2D eigenvalue weighted by Crippen LogP contribution is 2.26. The standard InChI is InChI=1S/C16H17FN4O3S/c1-2-24-9-13-19-20-16(25-13)18-15(23)10-7-14(22)21(8-10)12-5-3-11(17)4-6-12/h3-6,10H,2,7-9H2,1H3,(H,18,20,23). The molecule has 1 saturated heterocycles. The lowest BCUT2D eigenvalue weighted by molar-refractivity contribution is -0.122. The Hall–Kier alpha value is -2.39. The Kier molecular flexibility index (Phi) is 5.34. The fraction of sp³-hybridized carbons (Fsp3) is 0.375. The van der Waals surface area contributed by atoms with Crippen LogP contribution in [0, 0.1) is 11.7 Å². The number of aromatic nitrogens is 2. The summed E-state index contributed by atoms with van der Waals surface area (Å²) in [6.07, 6.45) is 0.105. The molecule has 0 aliphatic carbocycles. The predicted octanol–water partition coefficient (Wildman–Crippen LogP) is 2.21. The molecule has 2 amide bonds. The van der Waals surface area contributed by atoms with Crippen molar-refractivity contribution in [3.05, 3.63) is 35.1 Å². The number of anilines is 2. The second kappa shape index (κ2) is 7.66. The van der Waals surface area contributed by atoms with Crippen LogP contribution in [0.2, 0.25) is 0 Å². The molecular formula is C16H17FN4O3S. The largest absolute Gasteiger partial charge is 0.374 e. The zero-order valence-electron chi connectivity index (χ0n) is 13.6. The summed E-state index contributed by atoms with van der Waals surface area (Å²) in [5.74, 6) is -1.31. The number of ether oxygens (including phenoxy) is 1. The van der Waals surface area contributed by atoms with Crippen molar-refractivity contribution in [2.24, 2.45) is 5.92 Å². The zero-order chi connectivity index (χ0) is 17.8. The summed E-state index contributed by atoms with van der Waals surface area (Å²) in [5.41, 5.74) is 0.580. The Morgan fingerprint density at radius 3 is 2.88 bits per heavy atom. The molecule has 0 saturated carbocycles. The highest BCUT2D eigenvalue weighted by molar-refractivity contribution is 7.15. The third kappa shape index (κ3) is 4.18. The van der Waals surface area contributed by atoms with Gasteiger partial charge in [0.2, 0.25) is 16.9 Å². The predicted molar refractivity (Wildman–Crippen MR) is 90.7 cm³/mol. The van der Waals surface area contributed by atoms with E-state index < -0.39 is 5.92 Å². The monoisotopic (exact) mass is 364 g/mol. The number of benzene rings is 1. The van der Waals surface area contributed by atoms with Crippen LogP contribution in [0.25, 0.3) is 0 Å². The molecule has 1 unspecified atom stereocenters. The van der Waals surface area contributed by atoms with Crippen molar-refractivity contribution in [2.45, 2.75) is 20.0 Å². The second-order valence-electron chi connectivity index (χ2n) is 5.51. The molecule has 0 spiro atoms. The molecule has 132 valence electrons. The van der Waals surface area contributed by atoms with Gasteiger partial charge in [0, 0.05) is 25.3 Å². The minimum absolute atomic E-state index is 0.105. The van der Waals surface area contributed by atoms with Crippen LogP contribution in [0.3, 0.4) is 0 Å². The Morgan fingerprint density at radius 1 is 1.40 bits per heavy atom. The highest BCUT2D eigenvalue weighted by atomic mass is 32.1. The van der Waals surface area contributed by atoms with Crippen LogP contribution in [0.5, 0.6) is 0 Å². The van der Waals surface area contributed by atoms with Gasteiger partial charge in [-0.15, -0.1) is 10.2 Å². The number of nitrogens with zero attached hydrogens (tertiary/aromatic N) is 3. The summed E-state index contributed by atoms with van der Waals surface area (Å²) in [4.78, 5) is 26.0. The van der Waals surface area contributed by atoms with Crippen LogP contribution in [-0.2, 0) is 20.9 Å². The number of hydrogen-bond donors (Lipinski definition) is 1. The van der Waals surface area contributed by atoms with Gasteiger partial charge >= 0.3 is 0 Å². The molecule has 1 atom stereocenters. The van der Waals surface area contributed by atoms with Gasteiger partial charge in [0.05, 0.1) is 5.92 Å². The maximum atomic E-state index is 13.0. The van der Waals surface area contributed by atoms with Crippen LogP contribution in [-0.4, -0.2) is 35.2 Å². The highest BCUT2D eigenvalue weighted by Gasteiger charge is 2.35. The summed E-state index contributed by atoms with van der Waals surface area (Å²) in [6.45, 7) is 3.06. The molecule has 1 aromatic heterocycles. The molecule has 1 aliphatic heterocycles. The van der Waals surface area contributed by atoms with Gasteiger partial charge in [-0.25, -0.2) is 4.39 Å². The number of halogens is 1. The summed E-state index contributed by atoms with van der Waals surface area (Å²) < 4.78 is 18.2. The summed E-state index contributed by atoms with van der Waals surface area (Å²) in [7, 11) is 0. The van der Waals surface area contributed by atoms with Gasteiger partial charge in [-0.05, 0) is 31.2 Å². The number of carbonyl (C=O) groups excluding carboxylic acids is 2. The van der Waals surface area contributed by atoms with E-state index in [0.717, 1.165) is 0 Å². The molecule has 1 aromatic carbocycles. The molecule has 0 radical (unpaired) electrons. The number of nitrogens with one attached hydrogen (secondary N) is 1. The first-order chi connectivity index (χ1) is 12.1. The summed E-state index contributed by atoms with van der Waals surface area (Å²) >= 11 is 1.24. The van der Waals surface area contributed by atoms with Crippen LogP contribution >= 0.6 is 11.3 Å². The quantitative estimate of drug-likeness (QED) is 0.849. The average Bonchev–Trinajstić information content (AvgIpc) is 3.20. The molecule has 3 rings (SSSR count). The third-order valence-corrected chi connectivity index (χ3v) is 4.57. The first-order valence-corrected chi connectivity index (χ1v) is 8.65. The molecule has 9 heteroatoms. The zero-order valence-corrected chi connectivity index (χ0v) is 14.4. The fourth-order valence-corrected chi connectivity index (χ4v) is 3.19. The number of carbonyl (C=O) groups is 2. The Morgan fingerprint density at radius 2 is 2.16 bits per heavy atom. The van der Waals surface area contributed by atoms with Gasteiger partial charge in [0.1, 0.15) is 17.4 Å². The SMILES string of the molecule is CCOCc1nnc(NC(=O)C2CC(=O)N(c3ccc(F)cc3)C2)s1. The molecule has 7 nitrogen and oxygen atoms in total. The van der Waals surface area contributed by atoms with Crippen LogP contribution < -0.4 is 10.2 Å². The molecule has 2 heterocycles. The van der Waals surface area contributed by atoms with Gasteiger partial charge in [-0.3, -0.25) is 9.59 Å². The van der Waals surface area contributed by atoms with E-state index in [1.54, 1.807) is 0 Å². The minimum Gasteiger partial charge on any atom is -0.374 e. The fourth-order valence-electron chi connectivity index (χ4n) is 2.51. The molecule has 1 fully saturated rings. The lowest BCUT2D eigenvalue weighted by Crippen LogP contribution is -2.28. The van der Waals surface area contributed by atoms with E-state index in [-0.39, 0.29) is 30.6 Å². The molecule has 1 N–H and O–H groups in total. The van der Waals surface area contributed by atoms with E-state index in [1.807, 2.05) is 6.92 Å². The Balaban J connectivity index is 1.60. The second-order valence-corrected chi connectivity index (χ2v) is 6.57. The first kappa shape index (κ1) is 17.4. The van der Waals surface area contributed by atoms with Gasteiger partial charge < -0.3 is 15.0 Å². The van der Waals surface area contributed by atoms with Gasteiger partial charge in [-0.1, -0.05) is 11.3 Å². The van der Waals surface area contributed by atoms with Gasteiger partial charge in [0.25, 0.3) is 0 Å². The number of hydrogen-bond acceptors (Lipinski definition) is 6. The Bertz CT molecular complexity index is 765. The topological polar surface area (TPSA) is 84.4 Å². The van der Waals surface area contributed by atoms with Crippen molar-refractivity contribution in [1.82, 2.24) is 10.2 Å². The van der Waals surface area contributed by atoms with Crippen molar-refractivity contribution in [1.29, 1.82) is 0 Å². The molecule has 25 heavy (non-hydrogen) atoms. The third-order valence-electron chi connectivity index (χ3n) is 3.76.